The van der Waals surface area contributed by atoms with E-state index in [9.17, 15) is 0 Å². The highest BCUT2D eigenvalue weighted by atomic mass is 15.2. The monoisotopic (exact) mass is 256 g/mol. The second-order valence-corrected chi connectivity index (χ2v) is 5.77. The predicted molar refractivity (Wildman–Crippen MR) is 80.9 cm³/mol. The summed E-state index contributed by atoms with van der Waals surface area (Å²) in [6, 6.07) is 11.4. The topological polar surface area (TPSA) is 6.48 Å². The van der Waals surface area contributed by atoms with Crippen LogP contribution < -0.4 is 0 Å². The number of likely N-dealkylation sites (tertiary alicyclic amines) is 2. The number of nitrogens with zero attached hydrogens (tertiary/aromatic N) is 2. The summed E-state index contributed by atoms with van der Waals surface area (Å²) in [7, 11) is 0. The summed E-state index contributed by atoms with van der Waals surface area (Å²) in [4.78, 5) is 5.16. The molecule has 0 atom stereocenters. The summed E-state index contributed by atoms with van der Waals surface area (Å²) in [5, 5.41) is 0. The highest BCUT2D eigenvalue weighted by Gasteiger charge is 2.26. The average Bonchev–Trinajstić information content (AvgIpc) is 3.02. The first-order valence-corrected chi connectivity index (χ1v) is 7.58. The highest BCUT2D eigenvalue weighted by molar-refractivity contribution is 5.61. The maximum Gasteiger partial charge on any atom is 0.0366 e. The van der Waals surface area contributed by atoms with Crippen molar-refractivity contribution in [1.29, 1.82) is 0 Å². The molecule has 0 radical (unpaired) electrons. The molecule has 2 heterocycles. The Morgan fingerprint density at radius 2 is 1.58 bits per heavy atom. The summed E-state index contributed by atoms with van der Waals surface area (Å²) in [5.41, 5.74) is 2.46. The molecule has 0 aromatic heterocycles. The summed E-state index contributed by atoms with van der Waals surface area (Å²) in [5.74, 6) is 0. The maximum atomic E-state index is 4.28. The normalized spacial score (nSPS) is 21.8. The lowest BCUT2D eigenvalue weighted by Crippen LogP contribution is -2.42. The molecule has 0 unspecified atom stereocenters. The SMILES string of the molecule is C=C(c1ccccc1)N1CCC(N2CCCC2)CC1. The Balaban J connectivity index is 1.56. The van der Waals surface area contributed by atoms with Crippen molar-refractivity contribution in [2.24, 2.45) is 0 Å². The Morgan fingerprint density at radius 3 is 2.21 bits per heavy atom. The molecule has 2 nitrogen and oxygen atoms in total. The first kappa shape index (κ1) is 12.7. The second-order valence-electron chi connectivity index (χ2n) is 5.77. The van der Waals surface area contributed by atoms with E-state index in [4.69, 9.17) is 0 Å². The standard InChI is InChI=1S/C17H24N2/c1-15(16-7-3-2-4-8-16)18-13-9-17(10-14-18)19-11-5-6-12-19/h2-4,7-8,17H,1,5-6,9-14H2. The van der Waals surface area contributed by atoms with Gasteiger partial charge in [-0.2, -0.15) is 0 Å². The molecule has 19 heavy (non-hydrogen) atoms. The molecule has 0 saturated carbocycles. The molecule has 2 fully saturated rings. The number of hydrogen-bond donors (Lipinski definition) is 0. The van der Waals surface area contributed by atoms with Crippen molar-refractivity contribution in [2.75, 3.05) is 26.2 Å². The summed E-state index contributed by atoms with van der Waals surface area (Å²) < 4.78 is 0. The van der Waals surface area contributed by atoms with Gasteiger partial charge in [-0.05, 0) is 44.3 Å². The first-order valence-electron chi connectivity index (χ1n) is 7.58. The molecule has 1 aromatic carbocycles. The molecule has 0 N–H and O–H groups in total. The molecule has 2 heteroatoms. The van der Waals surface area contributed by atoms with Crippen LogP contribution in [0.1, 0.15) is 31.2 Å². The van der Waals surface area contributed by atoms with E-state index < -0.39 is 0 Å². The van der Waals surface area contributed by atoms with Crippen LogP contribution in [0.3, 0.4) is 0 Å². The van der Waals surface area contributed by atoms with Gasteiger partial charge in [-0.25, -0.2) is 0 Å². The van der Waals surface area contributed by atoms with Gasteiger partial charge in [-0.15, -0.1) is 0 Å². The van der Waals surface area contributed by atoms with E-state index in [2.05, 4.69) is 46.7 Å². The maximum absolute atomic E-state index is 4.28. The Hall–Kier alpha value is -1.28. The Morgan fingerprint density at radius 1 is 0.947 bits per heavy atom. The molecule has 1 aromatic rings. The fourth-order valence-electron chi connectivity index (χ4n) is 3.42. The fraction of sp³-hybridized carbons (Fsp3) is 0.529. The van der Waals surface area contributed by atoms with Crippen LogP contribution in [-0.2, 0) is 0 Å². The van der Waals surface area contributed by atoms with Crippen molar-refractivity contribution in [3.63, 3.8) is 0 Å². The molecule has 0 aliphatic carbocycles. The van der Waals surface area contributed by atoms with Crippen LogP contribution in [0.15, 0.2) is 36.9 Å². The van der Waals surface area contributed by atoms with Gasteiger partial charge < -0.3 is 9.80 Å². The molecular weight excluding hydrogens is 232 g/mol. The first-order chi connectivity index (χ1) is 9.34. The van der Waals surface area contributed by atoms with Gasteiger partial charge >= 0.3 is 0 Å². The van der Waals surface area contributed by atoms with Crippen molar-refractivity contribution in [3.8, 4) is 0 Å². The Labute approximate surface area is 116 Å². The lowest BCUT2D eigenvalue weighted by atomic mass is 10.0. The van der Waals surface area contributed by atoms with Crippen molar-refractivity contribution in [2.45, 2.75) is 31.7 Å². The van der Waals surface area contributed by atoms with Crippen molar-refractivity contribution >= 4 is 5.70 Å². The van der Waals surface area contributed by atoms with Gasteiger partial charge in [0.05, 0.1) is 0 Å². The zero-order valence-electron chi connectivity index (χ0n) is 11.7. The highest BCUT2D eigenvalue weighted by Crippen LogP contribution is 2.25. The lowest BCUT2D eigenvalue weighted by molar-refractivity contribution is 0.159. The van der Waals surface area contributed by atoms with Crippen LogP contribution in [0.2, 0.25) is 0 Å². The van der Waals surface area contributed by atoms with E-state index in [-0.39, 0.29) is 0 Å². The van der Waals surface area contributed by atoms with Gasteiger partial charge in [0.1, 0.15) is 0 Å². The van der Waals surface area contributed by atoms with E-state index in [0.717, 1.165) is 19.1 Å². The minimum atomic E-state index is 0.822. The minimum absolute atomic E-state index is 0.822. The molecule has 2 aliphatic heterocycles. The van der Waals surface area contributed by atoms with Crippen molar-refractivity contribution in [1.82, 2.24) is 9.80 Å². The molecule has 3 rings (SSSR count). The van der Waals surface area contributed by atoms with Crippen LogP contribution in [0.25, 0.3) is 5.70 Å². The second kappa shape index (κ2) is 5.79. The third-order valence-corrected chi connectivity index (χ3v) is 4.61. The smallest absolute Gasteiger partial charge is 0.0366 e. The average molecular weight is 256 g/mol. The van der Waals surface area contributed by atoms with Crippen molar-refractivity contribution < 1.29 is 0 Å². The third kappa shape index (κ3) is 2.84. The molecule has 2 saturated heterocycles. The summed E-state index contributed by atoms with van der Waals surface area (Å²) in [6.45, 7) is 9.25. The quantitative estimate of drug-likeness (QED) is 0.819. The largest absolute Gasteiger partial charge is 0.371 e. The summed E-state index contributed by atoms with van der Waals surface area (Å²) in [6.07, 6.45) is 5.39. The van der Waals surface area contributed by atoms with Gasteiger partial charge in [0.25, 0.3) is 0 Å². The number of piperidine rings is 1. The third-order valence-electron chi connectivity index (χ3n) is 4.61. The van der Waals surface area contributed by atoms with E-state index in [1.807, 2.05) is 0 Å². The Bertz CT molecular complexity index is 412. The van der Waals surface area contributed by atoms with E-state index in [0.29, 0.717) is 0 Å². The van der Waals surface area contributed by atoms with Crippen LogP contribution in [0, 0.1) is 0 Å². The van der Waals surface area contributed by atoms with E-state index >= 15 is 0 Å². The zero-order chi connectivity index (χ0) is 13.1. The zero-order valence-corrected chi connectivity index (χ0v) is 11.7. The minimum Gasteiger partial charge on any atom is -0.371 e. The van der Waals surface area contributed by atoms with E-state index in [1.165, 1.54) is 50.0 Å². The van der Waals surface area contributed by atoms with Crippen LogP contribution >= 0.6 is 0 Å². The number of rotatable bonds is 3. The molecule has 0 spiro atoms. The number of hydrogen-bond acceptors (Lipinski definition) is 2. The molecule has 102 valence electrons. The molecule has 0 amide bonds. The Kier molecular flexibility index (Phi) is 3.88. The number of benzene rings is 1. The summed E-state index contributed by atoms with van der Waals surface area (Å²) >= 11 is 0. The fourth-order valence-corrected chi connectivity index (χ4v) is 3.42. The van der Waals surface area contributed by atoms with Gasteiger partial charge in [0, 0.05) is 24.8 Å². The van der Waals surface area contributed by atoms with Gasteiger partial charge in [-0.1, -0.05) is 36.9 Å². The van der Waals surface area contributed by atoms with Gasteiger partial charge in [-0.3, -0.25) is 0 Å². The molecular formula is C17H24N2. The predicted octanol–water partition coefficient (Wildman–Crippen LogP) is 3.22. The van der Waals surface area contributed by atoms with Crippen LogP contribution in [-0.4, -0.2) is 42.0 Å². The van der Waals surface area contributed by atoms with Gasteiger partial charge in [0.2, 0.25) is 0 Å². The van der Waals surface area contributed by atoms with Crippen molar-refractivity contribution in [3.05, 3.63) is 42.5 Å². The van der Waals surface area contributed by atoms with E-state index in [1.54, 1.807) is 0 Å². The van der Waals surface area contributed by atoms with Crippen LogP contribution in [0.5, 0.6) is 0 Å². The van der Waals surface area contributed by atoms with Gasteiger partial charge in [0.15, 0.2) is 0 Å². The molecule has 2 aliphatic rings. The van der Waals surface area contributed by atoms with Crippen LogP contribution in [0.4, 0.5) is 0 Å². The molecule has 0 bridgehead atoms. The lowest BCUT2D eigenvalue weighted by Gasteiger charge is -2.38.